The van der Waals surface area contributed by atoms with Crippen molar-refractivity contribution in [2.75, 3.05) is 0 Å². The Kier molecular flexibility index (Phi) is 4.02. The summed E-state index contributed by atoms with van der Waals surface area (Å²) in [5.74, 6) is -0.357. The molecule has 0 saturated carbocycles. The predicted molar refractivity (Wildman–Crippen MR) is 79.0 cm³/mol. The summed E-state index contributed by atoms with van der Waals surface area (Å²) in [6.07, 6.45) is 1.20. The van der Waals surface area contributed by atoms with Gasteiger partial charge in [0.05, 0.1) is 5.52 Å². The minimum absolute atomic E-state index is 0.131. The van der Waals surface area contributed by atoms with Crippen molar-refractivity contribution in [2.24, 2.45) is 0 Å². The molecule has 0 N–H and O–H groups in total. The first-order chi connectivity index (χ1) is 9.78. The number of hydrogen-bond donors (Lipinski definition) is 0. The molecule has 1 aromatic carbocycles. The maximum Gasteiger partial charge on any atom is 0.419 e. The van der Waals surface area contributed by atoms with Crippen molar-refractivity contribution in [3.8, 4) is 0 Å². The van der Waals surface area contributed by atoms with E-state index in [9.17, 15) is 9.59 Å². The average Bonchev–Trinajstić information content (AvgIpc) is 2.73. The molecule has 0 bridgehead atoms. The van der Waals surface area contributed by atoms with Crippen molar-refractivity contribution >= 4 is 23.0 Å². The second kappa shape index (κ2) is 5.60. The minimum Gasteiger partial charge on any atom is -0.461 e. The lowest BCUT2D eigenvalue weighted by Crippen LogP contribution is -2.26. The van der Waals surface area contributed by atoms with Crippen LogP contribution in [0.3, 0.4) is 0 Å². The van der Waals surface area contributed by atoms with Crippen molar-refractivity contribution in [2.45, 2.75) is 39.9 Å². The zero-order valence-corrected chi connectivity index (χ0v) is 12.7. The lowest BCUT2D eigenvalue weighted by molar-refractivity contribution is -0.142. The van der Waals surface area contributed by atoms with Crippen LogP contribution in [-0.4, -0.2) is 22.2 Å². The number of hydrogen-bond acceptors (Lipinski definition) is 4. The summed E-state index contributed by atoms with van der Waals surface area (Å²) in [5.41, 5.74) is 0.930. The van der Waals surface area contributed by atoms with Crippen LogP contribution in [0.25, 0.3) is 10.9 Å². The Morgan fingerprint density at radius 3 is 2.48 bits per heavy atom. The monoisotopic (exact) mass is 289 g/mol. The third kappa shape index (κ3) is 3.62. The molecule has 0 unspecified atom stereocenters. The molecule has 0 spiro atoms. The second-order valence-corrected chi connectivity index (χ2v) is 5.80. The Labute approximate surface area is 123 Å². The van der Waals surface area contributed by atoms with Crippen LogP contribution in [0.2, 0.25) is 0 Å². The second-order valence-electron chi connectivity index (χ2n) is 5.80. The number of nitrogens with zero attached hydrogens (tertiary/aromatic N) is 1. The fourth-order valence-corrected chi connectivity index (χ4v) is 2.01. The number of rotatable bonds is 2. The molecular formula is C16H19NO4. The van der Waals surface area contributed by atoms with E-state index in [1.54, 1.807) is 6.20 Å². The fourth-order valence-electron chi connectivity index (χ4n) is 2.01. The Hall–Kier alpha value is -2.30. The van der Waals surface area contributed by atoms with Crippen molar-refractivity contribution < 1.29 is 19.1 Å². The SMILES string of the molecule is CC(=O)OCc1cn(C(=O)OC(C)(C)C)c2ccccc12. The highest BCUT2D eigenvalue weighted by Gasteiger charge is 2.20. The van der Waals surface area contributed by atoms with E-state index in [-0.39, 0.29) is 12.6 Å². The standard InChI is InChI=1S/C16H19NO4/c1-11(18)20-10-12-9-17(15(19)21-16(2,3)4)14-8-6-5-7-13(12)14/h5-9H,10H2,1-4H3. The summed E-state index contributed by atoms with van der Waals surface area (Å²) >= 11 is 0. The van der Waals surface area contributed by atoms with Gasteiger partial charge in [0.2, 0.25) is 0 Å². The minimum atomic E-state index is -0.571. The smallest absolute Gasteiger partial charge is 0.419 e. The van der Waals surface area contributed by atoms with E-state index in [0.29, 0.717) is 0 Å². The lowest BCUT2D eigenvalue weighted by atomic mass is 10.2. The summed E-state index contributed by atoms with van der Waals surface area (Å²) < 4.78 is 11.9. The van der Waals surface area contributed by atoms with Gasteiger partial charge in [-0.2, -0.15) is 0 Å². The van der Waals surface area contributed by atoms with Crippen LogP contribution in [0.1, 0.15) is 33.3 Å². The van der Waals surface area contributed by atoms with Crippen LogP contribution in [0, 0.1) is 0 Å². The summed E-state index contributed by atoms with van der Waals surface area (Å²) in [6, 6.07) is 7.43. The molecule has 21 heavy (non-hydrogen) atoms. The van der Waals surface area contributed by atoms with E-state index < -0.39 is 11.7 Å². The third-order valence-electron chi connectivity index (χ3n) is 2.82. The molecule has 5 nitrogen and oxygen atoms in total. The molecule has 0 fully saturated rings. The van der Waals surface area contributed by atoms with E-state index in [0.717, 1.165) is 16.5 Å². The molecule has 0 radical (unpaired) electrons. The van der Waals surface area contributed by atoms with Crippen molar-refractivity contribution in [1.82, 2.24) is 4.57 Å². The first-order valence-corrected chi connectivity index (χ1v) is 6.73. The Balaban J connectivity index is 2.40. The van der Waals surface area contributed by atoms with Crippen molar-refractivity contribution in [3.63, 3.8) is 0 Å². The Morgan fingerprint density at radius 1 is 1.19 bits per heavy atom. The van der Waals surface area contributed by atoms with Gasteiger partial charge in [-0.3, -0.25) is 9.36 Å². The summed E-state index contributed by atoms with van der Waals surface area (Å²) in [7, 11) is 0. The Morgan fingerprint density at radius 2 is 1.86 bits per heavy atom. The molecule has 5 heteroatoms. The maximum atomic E-state index is 12.3. The number of carbonyl (C=O) groups is 2. The number of fused-ring (bicyclic) bond motifs is 1. The van der Waals surface area contributed by atoms with Crippen LogP contribution in [-0.2, 0) is 20.9 Å². The maximum absolute atomic E-state index is 12.3. The van der Waals surface area contributed by atoms with Gasteiger partial charge in [0.25, 0.3) is 0 Å². The number of ether oxygens (including phenoxy) is 2. The molecule has 0 amide bonds. The Bertz CT molecular complexity index is 679. The fraction of sp³-hybridized carbons (Fsp3) is 0.375. The van der Waals surface area contributed by atoms with Gasteiger partial charge >= 0.3 is 12.1 Å². The number of carbonyl (C=O) groups excluding carboxylic acids is 2. The van der Waals surface area contributed by atoms with Gasteiger partial charge < -0.3 is 9.47 Å². The quantitative estimate of drug-likeness (QED) is 0.794. The van der Waals surface area contributed by atoms with Gasteiger partial charge in [-0.25, -0.2) is 4.79 Å². The zero-order valence-electron chi connectivity index (χ0n) is 12.7. The van der Waals surface area contributed by atoms with E-state index in [1.165, 1.54) is 11.5 Å². The van der Waals surface area contributed by atoms with Crippen LogP contribution in [0.4, 0.5) is 4.79 Å². The summed E-state index contributed by atoms with van der Waals surface area (Å²) in [6.45, 7) is 6.93. The molecule has 0 saturated heterocycles. The van der Waals surface area contributed by atoms with Crippen molar-refractivity contribution in [3.05, 3.63) is 36.0 Å². The normalized spacial score (nSPS) is 11.4. The molecule has 2 aromatic rings. The number of para-hydroxylation sites is 1. The van der Waals surface area contributed by atoms with Crippen LogP contribution < -0.4 is 0 Å². The van der Waals surface area contributed by atoms with Crippen LogP contribution in [0.5, 0.6) is 0 Å². The summed E-state index contributed by atoms with van der Waals surface area (Å²) in [4.78, 5) is 23.2. The van der Waals surface area contributed by atoms with Gasteiger partial charge in [0.1, 0.15) is 12.2 Å². The van der Waals surface area contributed by atoms with Crippen molar-refractivity contribution in [1.29, 1.82) is 0 Å². The zero-order chi connectivity index (χ0) is 15.6. The number of aromatic nitrogens is 1. The molecule has 1 heterocycles. The van der Waals surface area contributed by atoms with E-state index >= 15 is 0 Å². The van der Waals surface area contributed by atoms with Gasteiger partial charge in [0, 0.05) is 24.1 Å². The number of esters is 1. The van der Waals surface area contributed by atoms with E-state index in [1.807, 2.05) is 45.0 Å². The van der Waals surface area contributed by atoms with Gasteiger partial charge in [-0.1, -0.05) is 18.2 Å². The van der Waals surface area contributed by atoms with Crippen LogP contribution >= 0.6 is 0 Å². The van der Waals surface area contributed by atoms with Gasteiger partial charge in [0.15, 0.2) is 0 Å². The topological polar surface area (TPSA) is 57.5 Å². The highest BCUT2D eigenvalue weighted by molar-refractivity contribution is 5.92. The molecule has 0 aliphatic carbocycles. The van der Waals surface area contributed by atoms with Gasteiger partial charge in [-0.15, -0.1) is 0 Å². The lowest BCUT2D eigenvalue weighted by Gasteiger charge is -2.19. The molecule has 112 valence electrons. The third-order valence-corrected chi connectivity index (χ3v) is 2.82. The largest absolute Gasteiger partial charge is 0.461 e. The first kappa shape index (κ1) is 15.1. The molecule has 0 aliphatic heterocycles. The summed E-state index contributed by atoms with van der Waals surface area (Å²) in [5, 5.41) is 0.865. The molecule has 0 atom stereocenters. The van der Waals surface area contributed by atoms with Gasteiger partial charge in [-0.05, 0) is 26.8 Å². The number of benzene rings is 1. The first-order valence-electron chi connectivity index (χ1n) is 6.73. The highest BCUT2D eigenvalue weighted by atomic mass is 16.6. The van der Waals surface area contributed by atoms with E-state index in [4.69, 9.17) is 9.47 Å². The average molecular weight is 289 g/mol. The van der Waals surface area contributed by atoms with Crippen LogP contribution in [0.15, 0.2) is 30.5 Å². The molecule has 1 aromatic heterocycles. The highest BCUT2D eigenvalue weighted by Crippen LogP contribution is 2.23. The molecular weight excluding hydrogens is 270 g/mol. The molecule has 0 aliphatic rings. The molecule has 2 rings (SSSR count). The predicted octanol–water partition coefficient (Wildman–Crippen LogP) is 3.49. The van der Waals surface area contributed by atoms with E-state index in [2.05, 4.69) is 0 Å².